The number of hydrogen-bond donors (Lipinski definition) is 1. The van der Waals surface area contributed by atoms with E-state index in [1.807, 2.05) is 23.7 Å². The molecule has 0 radical (unpaired) electrons. The zero-order chi connectivity index (χ0) is 10.1. The van der Waals surface area contributed by atoms with Crippen LogP contribution in [-0.4, -0.2) is 16.0 Å². The smallest absolute Gasteiger partial charge is 0.125 e. The quantitative estimate of drug-likeness (QED) is 0.729. The van der Waals surface area contributed by atoms with Gasteiger partial charge in [-0.15, -0.1) is 0 Å². The molecule has 0 aliphatic rings. The van der Waals surface area contributed by atoms with Crippen LogP contribution in [0.3, 0.4) is 0 Å². The Morgan fingerprint density at radius 1 is 1.43 bits per heavy atom. The molecule has 1 N–H and O–H groups in total. The topological polar surface area (TPSA) is 42.2 Å². The van der Waals surface area contributed by atoms with Crippen LogP contribution in [0.25, 0.3) is 10.9 Å². The molecule has 14 heavy (non-hydrogen) atoms. The molecular formula is C11H11NO2. The number of aromatic hydroxyl groups is 1. The fraction of sp³-hybridized carbons (Fsp3) is 0.182. The maximum atomic E-state index is 10.4. The molecular weight excluding hydrogens is 178 g/mol. The number of rotatable bonds is 2. The highest BCUT2D eigenvalue weighted by Crippen LogP contribution is 2.22. The Kier molecular flexibility index (Phi) is 2.00. The molecule has 0 saturated carbocycles. The third-order valence-electron chi connectivity index (χ3n) is 2.42. The Bertz CT molecular complexity index is 485. The minimum absolute atomic E-state index is 0.247. The minimum Gasteiger partial charge on any atom is -0.508 e. The number of hydrogen-bond acceptors (Lipinski definition) is 2. The number of phenolic OH excluding ortho intramolecular Hbond substituents is 1. The summed E-state index contributed by atoms with van der Waals surface area (Å²) < 4.78 is 1.92. The highest BCUT2D eigenvalue weighted by molar-refractivity contribution is 5.83. The third-order valence-corrected chi connectivity index (χ3v) is 2.42. The van der Waals surface area contributed by atoms with Crippen molar-refractivity contribution in [3.63, 3.8) is 0 Å². The van der Waals surface area contributed by atoms with E-state index in [-0.39, 0.29) is 5.75 Å². The van der Waals surface area contributed by atoms with E-state index >= 15 is 0 Å². The molecule has 0 unspecified atom stereocenters. The Morgan fingerprint density at radius 3 is 2.93 bits per heavy atom. The highest BCUT2D eigenvalue weighted by Gasteiger charge is 2.05. The number of benzene rings is 1. The van der Waals surface area contributed by atoms with E-state index in [1.54, 1.807) is 12.1 Å². The average Bonchev–Trinajstić information content (AvgIpc) is 2.46. The maximum Gasteiger partial charge on any atom is 0.125 e. The van der Waals surface area contributed by atoms with Crippen LogP contribution < -0.4 is 0 Å². The summed E-state index contributed by atoms with van der Waals surface area (Å²) in [6.07, 6.45) is 1.29. The van der Waals surface area contributed by atoms with Crippen LogP contribution in [0, 0.1) is 0 Å². The van der Waals surface area contributed by atoms with Gasteiger partial charge in [0.2, 0.25) is 0 Å². The van der Waals surface area contributed by atoms with Gasteiger partial charge in [0.1, 0.15) is 12.0 Å². The standard InChI is InChI=1S/C11H11NO2/c1-12-9(4-5-13)6-8-2-3-10(14)7-11(8)12/h2-3,5-7,14H,4H2,1H3. The van der Waals surface area contributed by atoms with Crippen LogP contribution in [0.5, 0.6) is 5.75 Å². The van der Waals surface area contributed by atoms with Gasteiger partial charge in [0.05, 0.1) is 5.52 Å². The van der Waals surface area contributed by atoms with E-state index in [0.717, 1.165) is 22.9 Å². The van der Waals surface area contributed by atoms with Crippen molar-refractivity contribution in [3.05, 3.63) is 30.0 Å². The minimum atomic E-state index is 0.247. The summed E-state index contributed by atoms with van der Waals surface area (Å²) in [4.78, 5) is 10.4. The molecule has 0 saturated heterocycles. The van der Waals surface area contributed by atoms with E-state index in [0.29, 0.717) is 6.42 Å². The lowest BCUT2D eigenvalue weighted by molar-refractivity contribution is -0.107. The fourth-order valence-corrected chi connectivity index (χ4v) is 1.66. The molecule has 3 heteroatoms. The van der Waals surface area contributed by atoms with E-state index < -0.39 is 0 Å². The second-order valence-electron chi connectivity index (χ2n) is 3.31. The van der Waals surface area contributed by atoms with E-state index in [1.165, 1.54) is 0 Å². The predicted molar refractivity (Wildman–Crippen MR) is 54.4 cm³/mol. The summed E-state index contributed by atoms with van der Waals surface area (Å²) >= 11 is 0. The van der Waals surface area contributed by atoms with Gasteiger partial charge in [-0.05, 0) is 18.2 Å². The lowest BCUT2D eigenvalue weighted by atomic mass is 10.2. The molecule has 1 heterocycles. The number of fused-ring (bicyclic) bond motifs is 1. The molecule has 2 aromatic rings. The lowest BCUT2D eigenvalue weighted by Gasteiger charge is -2.00. The van der Waals surface area contributed by atoms with Crippen LogP contribution in [-0.2, 0) is 18.3 Å². The summed E-state index contributed by atoms with van der Waals surface area (Å²) in [5.41, 5.74) is 1.91. The summed E-state index contributed by atoms with van der Waals surface area (Å²) in [7, 11) is 1.89. The molecule has 0 amide bonds. The second-order valence-corrected chi connectivity index (χ2v) is 3.31. The van der Waals surface area contributed by atoms with Crippen molar-refractivity contribution in [3.8, 4) is 5.75 Å². The molecule has 0 aliphatic carbocycles. The van der Waals surface area contributed by atoms with Gasteiger partial charge in [0.25, 0.3) is 0 Å². The van der Waals surface area contributed by atoms with Gasteiger partial charge in [-0.25, -0.2) is 0 Å². The van der Waals surface area contributed by atoms with Gasteiger partial charge in [0.15, 0.2) is 0 Å². The molecule has 0 bridgehead atoms. The number of aryl methyl sites for hydroxylation is 1. The van der Waals surface area contributed by atoms with Crippen molar-refractivity contribution in [1.29, 1.82) is 0 Å². The van der Waals surface area contributed by atoms with Crippen molar-refractivity contribution in [2.45, 2.75) is 6.42 Å². The summed E-state index contributed by atoms with van der Waals surface area (Å²) in [6, 6.07) is 7.15. The van der Waals surface area contributed by atoms with E-state index in [9.17, 15) is 9.90 Å². The Labute approximate surface area is 81.6 Å². The number of aldehydes is 1. The van der Waals surface area contributed by atoms with Crippen molar-refractivity contribution in [2.24, 2.45) is 7.05 Å². The largest absolute Gasteiger partial charge is 0.508 e. The molecule has 1 aromatic heterocycles. The molecule has 1 aromatic carbocycles. The van der Waals surface area contributed by atoms with Gasteiger partial charge in [-0.1, -0.05) is 0 Å². The first-order chi connectivity index (χ1) is 6.72. The monoisotopic (exact) mass is 189 g/mol. The zero-order valence-electron chi connectivity index (χ0n) is 7.90. The van der Waals surface area contributed by atoms with E-state index in [4.69, 9.17) is 0 Å². The third kappa shape index (κ3) is 1.27. The molecule has 0 fully saturated rings. The first-order valence-corrected chi connectivity index (χ1v) is 4.43. The maximum absolute atomic E-state index is 10.4. The fourth-order valence-electron chi connectivity index (χ4n) is 1.66. The molecule has 72 valence electrons. The molecule has 0 atom stereocenters. The van der Waals surface area contributed by atoms with Crippen molar-refractivity contribution < 1.29 is 9.90 Å². The Balaban J connectivity index is 2.67. The van der Waals surface area contributed by atoms with E-state index in [2.05, 4.69) is 0 Å². The van der Waals surface area contributed by atoms with Gasteiger partial charge < -0.3 is 14.5 Å². The molecule has 0 spiro atoms. The van der Waals surface area contributed by atoms with Crippen molar-refractivity contribution in [1.82, 2.24) is 4.57 Å². The van der Waals surface area contributed by atoms with Crippen LogP contribution in [0.4, 0.5) is 0 Å². The van der Waals surface area contributed by atoms with Crippen LogP contribution in [0.15, 0.2) is 24.3 Å². The number of carbonyl (C=O) groups excluding carboxylic acids is 1. The summed E-state index contributed by atoms with van der Waals surface area (Å²) in [5.74, 6) is 0.247. The van der Waals surface area contributed by atoms with Crippen molar-refractivity contribution >= 4 is 17.2 Å². The number of aromatic nitrogens is 1. The number of carbonyl (C=O) groups is 1. The first-order valence-electron chi connectivity index (χ1n) is 4.43. The van der Waals surface area contributed by atoms with Gasteiger partial charge in [-0.3, -0.25) is 0 Å². The molecule has 3 nitrogen and oxygen atoms in total. The average molecular weight is 189 g/mol. The first kappa shape index (κ1) is 8.81. The highest BCUT2D eigenvalue weighted by atomic mass is 16.3. The number of phenols is 1. The molecule has 0 aliphatic heterocycles. The van der Waals surface area contributed by atoms with Gasteiger partial charge in [-0.2, -0.15) is 0 Å². The normalized spacial score (nSPS) is 10.6. The molecule has 2 rings (SSSR count). The second kappa shape index (κ2) is 3.18. The van der Waals surface area contributed by atoms with Crippen LogP contribution in [0.2, 0.25) is 0 Å². The van der Waals surface area contributed by atoms with Crippen LogP contribution >= 0.6 is 0 Å². The van der Waals surface area contributed by atoms with Gasteiger partial charge in [0, 0.05) is 30.6 Å². The number of nitrogens with zero attached hydrogens (tertiary/aromatic N) is 1. The van der Waals surface area contributed by atoms with Crippen LogP contribution in [0.1, 0.15) is 5.69 Å². The lowest BCUT2D eigenvalue weighted by Crippen LogP contribution is -1.96. The van der Waals surface area contributed by atoms with Gasteiger partial charge >= 0.3 is 0 Å². The van der Waals surface area contributed by atoms with Crippen molar-refractivity contribution in [2.75, 3.05) is 0 Å². The SMILES string of the molecule is Cn1c(CC=O)cc2ccc(O)cc21. The zero-order valence-corrected chi connectivity index (χ0v) is 7.90. The Morgan fingerprint density at radius 2 is 2.21 bits per heavy atom. The predicted octanol–water partition coefficient (Wildman–Crippen LogP) is 1.63. The summed E-state index contributed by atoms with van der Waals surface area (Å²) in [5, 5.41) is 10.4. The summed E-state index contributed by atoms with van der Waals surface area (Å²) in [6.45, 7) is 0. The Hall–Kier alpha value is -1.77.